The quantitative estimate of drug-likeness (QED) is 0.888. The smallest absolute Gasteiger partial charge is 0.0650 e. The molecule has 1 aliphatic rings. The fourth-order valence-electron chi connectivity index (χ4n) is 2.48. The van der Waals surface area contributed by atoms with Crippen LogP contribution in [0.5, 0.6) is 0 Å². The second-order valence-corrected chi connectivity index (χ2v) is 4.94. The van der Waals surface area contributed by atoms with Crippen molar-refractivity contribution in [2.24, 2.45) is 0 Å². The molecule has 4 nitrogen and oxygen atoms in total. The number of ether oxygens (including phenoxy) is 1. The summed E-state index contributed by atoms with van der Waals surface area (Å²) in [5.41, 5.74) is 3.37. The first-order valence-electron chi connectivity index (χ1n) is 6.86. The third-order valence-corrected chi connectivity index (χ3v) is 3.50. The molecule has 4 heteroatoms. The molecule has 0 amide bonds. The van der Waals surface area contributed by atoms with Gasteiger partial charge in [0.25, 0.3) is 0 Å². The van der Waals surface area contributed by atoms with Gasteiger partial charge in [-0.05, 0) is 37.5 Å². The van der Waals surface area contributed by atoms with E-state index in [0.717, 1.165) is 37.3 Å². The van der Waals surface area contributed by atoms with Gasteiger partial charge in [-0.1, -0.05) is 12.1 Å². The van der Waals surface area contributed by atoms with E-state index < -0.39 is 0 Å². The Morgan fingerprint density at radius 2 is 2.21 bits per heavy atom. The van der Waals surface area contributed by atoms with Crippen LogP contribution in [0.1, 0.15) is 19.3 Å². The van der Waals surface area contributed by atoms with Gasteiger partial charge in [-0.3, -0.25) is 5.10 Å². The van der Waals surface area contributed by atoms with Gasteiger partial charge in [0.15, 0.2) is 0 Å². The first-order chi connectivity index (χ1) is 9.42. The molecule has 2 aromatic rings. The van der Waals surface area contributed by atoms with Crippen LogP contribution >= 0.6 is 0 Å². The molecule has 0 saturated carbocycles. The summed E-state index contributed by atoms with van der Waals surface area (Å²) in [5.74, 6) is 0. The van der Waals surface area contributed by atoms with E-state index in [0.29, 0.717) is 6.04 Å². The lowest BCUT2D eigenvalue weighted by Gasteiger charge is -2.17. The summed E-state index contributed by atoms with van der Waals surface area (Å²) in [4.78, 5) is 0. The Bertz CT molecular complexity index is 502. The van der Waals surface area contributed by atoms with Gasteiger partial charge in [-0.15, -0.1) is 0 Å². The van der Waals surface area contributed by atoms with Crippen molar-refractivity contribution in [2.45, 2.75) is 25.3 Å². The molecule has 1 aliphatic heterocycles. The van der Waals surface area contributed by atoms with E-state index in [-0.39, 0.29) is 0 Å². The fourth-order valence-corrected chi connectivity index (χ4v) is 2.48. The summed E-state index contributed by atoms with van der Waals surface area (Å²) < 4.78 is 5.49. The minimum atomic E-state index is 0.513. The molecule has 0 bridgehead atoms. The highest BCUT2D eigenvalue weighted by atomic mass is 16.5. The predicted molar refractivity (Wildman–Crippen MR) is 76.1 cm³/mol. The monoisotopic (exact) mass is 257 g/mol. The van der Waals surface area contributed by atoms with Crippen LogP contribution in [0.3, 0.4) is 0 Å². The minimum Gasteiger partial charge on any atom is -0.382 e. The average Bonchev–Trinajstić information content (AvgIpc) is 2.86. The molecule has 0 aliphatic carbocycles. The van der Waals surface area contributed by atoms with Crippen LogP contribution in [-0.4, -0.2) is 29.5 Å². The number of hydrogen-bond donors (Lipinski definition) is 2. The van der Waals surface area contributed by atoms with Gasteiger partial charge in [0.2, 0.25) is 0 Å². The topological polar surface area (TPSA) is 49.9 Å². The summed E-state index contributed by atoms with van der Waals surface area (Å²) >= 11 is 0. The van der Waals surface area contributed by atoms with Gasteiger partial charge >= 0.3 is 0 Å². The molecule has 1 unspecified atom stereocenters. The summed E-state index contributed by atoms with van der Waals surface area (Å²) in [5, 5.41) is 10.6. The standard InChI is InChI=1S/C15H19N3O/c1-3-12(15-6-8-16-18-15)11-14(4-1)17-13-5-2-9-19-10-7-13/h1,3-4,6,8,11,13,17H,2,5,7,9-10H2,(H,16,18). The van der Waals surface area contributed by atoms with Crippen LogP contribution in [0.25, 0.3) is 11.3 Å². The Labute approximate surface area is 113 Å². The Hall–Kier alpha value is -1.81. The van der Waals surface area contributed by atoms with Gasteiger partial charge in [-0.25, -0.2) is 0 Å². The number of anilines is 1. The lowest BCUT2D eigenvalue weighted by Crippen LogP contribution is -2.19. The molecule has 0 radical (unpaired) electrons. The van der Waals surface area contributed by atoms with E-state index in [1.54, 1.807) is 6.20 Å². The van der Waals surface area contributed by atoms with E-state index in [4.69, 9.17) is 4.74 Å². The van der Waals surface area contributed by atoms with E-state index in [2.05, 4.69) is 39.8 Å². The number of benzene rings is 1. The minimum absolute atomic E-state index is 0.513. The Morgan fingerprint density at radius 1 is 1.21 bits per heavy atom. The zero-order valence-corrected chi connectivity index (χ0v) is 10.9. The SMILES string of the molecule is c1cc(NC2CCCOCC2)cc(-c2ccn[nH]2)c1. The van der Waals surface area contributed by atoms with E-state index in [9.17, 15) is 0 Å². The van der Waals surface area contributed by atoms with E-state index >= 15 is 0 Å². The van der Waals surface area contributed by atoms with E-state index in [1.807, 2.05) is 6.07 Å². The maximum Gasteiger partial charge on any atom is 0.0650 e. The molecule has 1 aromatic heterocycles. The molecular weight excluding hydrogens is 238 g/mol. The molecule has 1 fully saturated rings. The first-order valence-corrected chi connectivity index (χ1v) is 6.86. The van der Waals surface area contributed by atoms with Crippen LogP contribution < -0.4 is 5.32 Å². The lowest BCUT2D eigenvalue weighted by atomic mass is 10.1. The third kappa shape index (κ3) is 3.15. The van der Waals surface area contributed by atoms with Crippen molar-refractivity contribution < 1.29 is 4.74 Å². The van der Waals surface area contributed by atoms with Crippen molar-refractivity contribution in [3.8, 4) is 11.3 Å². The zero-order chi connectivity index (χ0) is 12.9. The third-order valence-electron chi connectivity index (χ3n) is 3.50. The lowest BCUT2D eigenvalue weighted by molar-refractivity contribution is 0.144. The number of nitrogens with zero attached hydrogens (tertiary/aromatic N) is 1. The number of H-pyrrole nitrogens is 1. The van der Waals surface area contributed by atoms with Crippen molar-refractivity contribution in [3.63, 3.8) is 0 Å². The van der Waals surface area contributed by atoms with Crippen LogP contribution in [0.15, 0.2) is 36.5 Å². The average molecular weight is 257 g/mol. The number of rotatable bonds is 3. The molecule has 2 heterocycles. The highest BCUT2D eigenvalue weighted by Crippen LogP contribution is 2.22. The molecule has 19 heavy (non-hydrogen) atoms. The molecule has 1 saturated heterocycles. The molecule has 0 spiro atoms. The Kier molecular flexibility index (Phi) is 3.79. The molecule has 100 valence electrons. The Morgan fingerprint density at radius 3 is 3.11 bits per heavy atom. The fraction of sp³-hybridized carbons (Fsp3) is 0.400. The molecular formula is C15H19N3O. The van der Waals surface area contributed by atoms with Crippen molar-refractivity contribution in [1.82, 2.24) is 10.2 Å². The first kappa shape index (κ1) is 12.2. The van der Waals surface area contributed by atoms with E-state index in [1.165, 1.54) is 12.1 Å². The van der Waals surface area contributed by atoms with Crippen molar-refractivity contribution in [2.75, 3.05) is 18.5 Å². The molecule has 1 atom stereocenters. The zero-order valence-electron chi connectivity index (χ0n) is 10.9. The van der Waals surface area contributed by atoms with Gasteiger partial charge < -0.3 is 10.1 Å². The van der Waals surface area contributed by atoms with Crippen molar-refractivity contribution >= 4 is 5.69 Å². The molecule has 3 rings (SSSR count). The number of nitrogens with one attached hydrogen (secondary N) is 2. The van der Waals surface area contributed by atoms with Gasteiger partial charge in [0.05, 0.1) is 5.69 Å². The van der Waals surface area contributed by atoms with Gasteiger partial charge in [0, 0.05) is 36.7 Å². The highest BCUT2D eigenvalue weighted by Gasteiger charge is 2.12. The number of hydrogen-bond acceptors (Lipinski definition) is 3. The van der Waals surface area contributed by atoms with Crippen LogP contribution in [0.2, 0.25) is 0 Å². The van der Waals surface area contributed by atoms with Crippen molar-refractivity contribution in [3.05, 3.63) is 36.5 Å². The number of aromatic amines is 1. The van der Waals surface area contributed by atoms with Crippen LogP contribution in [0.4, 0.5) is 5.69 Å². The summed E-state index contributed by atoms with van der Waals surface area (Å²) in [6.07, 6.45) is 5.17. The molecule has 2 N–H and O–H groups in total. The highest BCUT2D eigenvalue weighted by molar-refractivity contribution is 5.64. The number of aromatic nitrogens is 2. The van der Waals surface area contributed by atoms with Gasteiger partial charge in [0.1, 0.15) is 0 Å². The molecule has 1 aromatic carbocycles. The predicted octanol–water partition coefficient (Wildman–Crippen LogP) is 3.06. The maximum absolute atomic E-state index is 5.49. The van der Waals surface area contributed by atoms with Gasteiger partial charge in [-0.2, -0.15) is 5.10 Å². The van der Waals surface area contributed by atoms with Crippen molar-refractivity contribution in [1.29, 1.82) is 0 Å². The summed E-state index contributed by atoms with van der Waals surface area (Å²) in [6, 6.07) is 10.9. The normalized spacial score (nSPS) is 19.9. The van der Waals surface area contributed by atoms with Crippen LogP contribution in [-0.2, 0) is 4.74 Å². The van der Waals surface area contributed by atoms with Crippen LogP contribution in [0, 0.1) is 0 Å². The summed E-state index contributed by atoms with van der Waals surface area (Å²) in [6.45, 7) is 1.75. The second-order valence-electron chi connectivity index (χ2n) is 4.94. The maximum atomic E-state index is 5.49. The summed E-state index contributed by atoms with van der Waals surface area (Å²) in [7, 11) is 0. The largest absolute Gasteiger partial charge is 0.382 e. The Balaban J connectivity index is 1.72. The second kappa shape index (κ2) is 5.89.